The molecule has 150 valence electrons. The number of halogens is 3. The van der Waals surface area contributed by atoms with E-state index in [1.54, 1.807) is 35.2 Å². The molecule has 2 aromatic carbocycles. The standard InChI is InChI=1S/C19H19F2N3O3.ClH/c20-19(21)27-16-8-4-2-6-14(16)18(26)24-11-9-23(10-12-24)17(25)13-5-1-3-7-15(13)22;/h1-8,19H,9-12,22H2;1H. The molecule has 1 heterocycles. The van der Waals surface area contributed by atoms with Gasteiger partial charge in [0.1, 0.15) is 5.75 Å². The summed E-state index contributed by atoms with van der Waals surface area (Å²) in [5.41, 5.74) is 6.75. The molecular formula is C19H20ClF2N3O3. The molecule has 3 rings (SSSR count). The van der Waals surface area contributed by atoms with Gasteiger partial charge in [-0.25, -0.2) is 0 Å². The van der Waals surface area contributed by atoms with Gasteiger partial charge in [-0.1, -0.05) is 24.3 Å². The van der Waals surface area contributed by atoms with Crippen LogP contribution in [-0.2, 0) is 0 Å². The first-order chi connectivity index (χ1) is 13.0. The van der Waals surface area contributed by atoms with E-state index in [2.05, 4.69) is 4.74 Å². The third kappa shape index (κ3) is 4.69. The smallest absolute Gasteiger partial charge is 0.387 e. The van der Waals surface area contributed by atoms with Crippen LogP contribution in [0.4, 0.5) is 14.5 Å². The zero-order chi connectivity index (χ0) is 19.4. The topological polar surface area (TPSA) is 75.9 Å². The van der Waals surface area contributed by atoms with Gasteiger partial charge in [0.05, 0.1) is 11.1 Å². The van der Waals surface area contributed by atoms with Crippen molar-refractivity contribution >= 4 is 29.9 Å². The van der Waals surface area contributed by atoms with Crippen LogP contribution in [-0.4, -0.2) is 54.4 Å². The van der Waals surface area contributed by atoms with Crippen LogP contribution in [0.5, 0.6) is 5.75 Å². The van der Waals surface area contributed by atoms with Crippen LogP contribution in [0.3, 0.4) is 0 Å². The van der Waals surface area contributed by atoms with Gasteiger partial charge < -0.3 is 20.3 Å². The number of alkyl halides is 2. The number of ether oxygens (including phenoxy) is 1. The molecule has 0 radical (unpaired) electrons. The van der Waals surface area contributed by atoms with Crippen LogP contribution in [0.2, 0.25) is 0 Å². The maximum absolute atomic E-state index is 12.7. The van der Waals surface area contributed by atoms with Gasteiger partial charge in [-0.2, -0.15) is 8.78 Å². The van der Waals surface area contributed by atoms with Gasteiger partial charge >= 0.3 is 6.61 Å². The predicted octanol–water partition coefficient (Wildman–Crippen LogP) is 2.89. The van der Waals surface area contributed by atoms with E-state index >= 15 is 0 Å². The first-order valence-electron chi connectivity index (χ1n) is 8.44. The van der Waals surface area contributed by atoms with Gasteiger partial charge in [0.25, 0.3) is 11.8 Å². The lowest BCUT2D eigenvalue weighted by Gasteiger charge is -2.35. The van der Waals surface area contributed by atoms with Crippen LogP contribution < -0.4 is 10.5 Å². The Morgan fingerprint density at radius 3 is 1.86 bits per heavy atom. The molecule has 2 N–H and O–H groups in total. The van der Waals surface area contributed by atoms with Gasteiger partial charge in [0.2, 0.25) is 0 Å². The lowest BCUT2D eigenvalue weighted by molar-refractivity contribution is -0.0503. The van der Waals surface area contributed by atoms with Gasteiger partial charge in [0.15, 0.2) is 0 Å². The minimum absolute atomic E-state index is 0. The zero-order valence-corrected chi connectivity index (χ0v) is 15.7. The highest BCUT2D eigenvalue weighted by molar-refractivity contribution is 6.00. The fraction of sp³-hybridized carbons (Fsp3) is 0.263. The zero-order valence-electron chi connectivity index (χ0n) is 14.9. The van der Waals surface area contributed by atoms with Crippen molar-refractivity contribution in [3.63, 3.8) is 0 Å². The summed E-state index contributed by atoms with van der Waals surface area (Å²) < 4.78 is 29.5. The molecule has 9 heteroatoms. The van der Waals surface area contributed by atoms with E-state index in [-0.39, 0.29) is 29.6 Å². The van der Waals surface area contributed by atoms with Crippen LogP contribution in [0, 0.1) is 0 Å². The third-order valence-electron chi connectivity index (χ3n) is 4.38. The van der Waals surface area contributed by atoms with E-state index in [0.717, 1.165) is 0 Å². The summed E-state index contributed by atoms with van der Waals surface area (Å²) in [6.45, 7) is -1.77. The summed E-state index contributed by atoms with van der Waals surface area (Å²) in [4.78, 5) is 28.4. The number of piperazine rings is 1. The number of para-hydroxylation sites is 2. The second-order valence-corrected chi connectivity index (χ2v) is 6.05. The molecule has 1 fully saturated rings. The summed E-state index contributed by atoms with van der Waals surface area (Å²) in [5, 5.41) is 0. The monoisotopic (exact) mass is 411 g/mol. The first kappa shape index (κ1) is 21.4. The Hall–Kier alpha value is -2.87. The number of hydrogen-bond donors (Lipinski definition) is 1. The minimum Gasteiger partial charge on any atom is -0.434 e. The second kappa shape index (κ2) is 9.36. The highest BCUT2D eigenvalue weighted by Crippen LogP contribution is 2.23. The number of benzene rings is 2. The van der Waals surface area contributed by atoms with Crippen molar-refractivity contribution < 1.29 is 23.1 Å². The molecule has 1 saturated heterocycles. The van der Waals surface area contributed by atoms with Gasteiger partial charge in [-0.05, 0) is 24.3 Å². The highest BCUT2D eigenvalue weighted by Gasteiger charge is 2.27. The van der Waals surface area contributed by atoms with Crippen LogP contribution in [0.1, 0.15) is 20.7 Å². The van der Waals surface area contributed by atoms with E-state index in [1.165, 1.54) is 23.1 Å². The SMILES string of the molecule is Cl.Nc1ccccc1C(=O)N1CCN(C(=O)c2ccccc2OC(F)F)CC1. The number of nitrogens with zero attached hydrogens (tertiary/aromatic N) is 2. The fourth-order valence-corrected chi connectivity index (χ4v) is 2.99. The van der Waals surface area contributed by atoms with E-state index in [4.69, 9.17) is 5.73 Å². The van der Waals surface area contributed by atoms with Crippen molar-refractivity contribution in [2.45, 2.75) is 6.61 Å². The van der Waals surface area contributed by atoms with Gasteiger partial charge in [0, 0.05) is 31.9 Å². The number of carbonyl (C=O) groups excluding carboxylic acids is 2. The van der Waals surface area contributed by atoms with E-state index < -0.39 is 12.5 Å². The molecule has 1 aliphatic rings. The molecule has 2 amide bonds. The number of nitrogen functional groups attached to an aromatic ring is 1. The molecule has 0 spiro atoms. The Balaban J connectivity index is 0.00000280. The van der Waals surface area contributed by atoms with Crippen molar-refractivity contribution in [3.8, 4) is 5.75 Å². The molecule has 0 aliphatic carbocycles. The Morgan fingerprint density at radius 1 is 0.857 bits per heavy atom. The number of amides is 2. The van der Waals surface area contributed by atoms with E-state index in [1.807, 2.05) is 0 Å². The first-order valence-corrected chi connectivity index (χ1v) is 8.44. The van der Waals surface area contributed by atoms with E-state index in [9.17, 15) is 18.4 Å². The van der Waals surface area contributed by atoms with Gasteiger partial charge in [-0.3, -0.25) is 9.59 Å². The summed E-state index contributed by atoms with van der Waals surface area (Å²) in [7, 11) is 0. The normalized spacial score (nSPS) is 13.8. The number of nitrogens with two attached hydrogens (primary N) is 1. The van der Waals surface area contributed by atoms with Crippen molar-refractivity contribution in [1.29, 1.82) is 0 Å². The molecule has 0 atom stereocenters. The summed E-state index contributed by atoms with van der Waals surface area (Å²) in [6.07, 6.45) is 0. The third-order valence-corrected chi connectivity index (χ3v) is 4.38. The largest absolute Gasteiger partial charge is 0.434 e. The maximum Gasteiger partial charge on any atom is 0.387 e. The van der Waals surface area contributed by atoms with E-state index in [0.29, 0.717) is 37.4 Å². The molecule has 6 nitrogen and oxygen atoms in total. The minimum atomic E-state index is -3.01. The number of anilines is 1. The van der Waals surface area contributed by atoms with Crippen LogP contribution in [0.25, 0.3) is 0 Å². The van der Waals surface area contributed by atoms with Gasteiger partial charge in [-0.15, -0.1) is 12.4 Å². The average molecular weight is 412 g/mol. The maximum atomic E-state index is 12.7. The number of hydrogen-bond acceptors (Lipinski definition) is 4. The lowest BCUT2D eigenvalue weighted by Crippen LogP contribution is -2.50. The van der Waals surface area contributed by atoms with Crippen LogP contribution >= 0.6 is 12.4 Å². The Kier molecular flexibility index (Phi) is 7.17. The lowest BCUT2D eigenvalue weighted by atomic mass is 10.1. The Bertz CT molecular complexity index is 843. The van der Waals surface area contributed by atoms with Crippen LogP contribution in [0.15, 0.2) is 48.5 Å². The molecule has 0 bridgehead atoms. The van der Waals surface area contributed by atoms with Crippen molar-refractivity contribution in [2.24, 2.45) is 0 Å². The summed E-state index contributed by atoms with van der Waals surface area (Å²) in [5.74, 6) is -0.757. The molecule has 0 saturated carbocycles. The summed E-state index contributed by atoms with van der Waals surface area (Å²) in [6, 6.07) is 12.7. The molecular weight excluding hydrogens is 392 g/mol. The quantitative estimate of drug-likeness (QED) is 0.785. The molecule has 0 aromatic heterocycles. The molecule has 1 aliphatic heterocycles. The summed E-state index contributed by atoms with van der Waals surface area (Å²) >= 11 is 0. The average Bonchev–Trinajstić information content (AvgIpc) is 2.67. The number of carbonyl (C=O) groups is 2. The van der Waals surface area contributed by atoms with Crippen molar-refractivity contribution in [3.05, 3.63) is 59.7 Å². The Labute approximate surface area is 167 Å². The Morgan fingerprint density at radius 2 is 1.32 bits per heavy atom. The highest BCUT2D eigenvalue weighted by atomic mass is 35.5. The predicted molar refractivity (Wildman–Crippen MR) is 103 cm³/mol. The molecule has 2 aromatic rings. The second-order valence-electron chi connectivity index (χ2n) is 6.05. The number of rotatable bonds is 4. The fourth-order valence-electron chi connectivity index (χ4n) is 2.99. The van der Waals surface area contributed by atoms with Crippen molar-refractivity contribution in [1.82, 2.24) is 9.80 Å². The molecule has 28 heavy (non-hydrogen) atoms. The molecule has 0 unspecified atom stereocenters. The van der Waals surface area contributed by atoms with Crippen molar-refractivity contribution in [2.75, 3.05) is 31.9 Å².